The third kappa shape index (κ3) is 4.61. The van der Waals surface area contributed by atoms with Gasteiger partial charge in [-0.25, -0.2) is 0 Å². The normalized spacial score (nSPS) is 12.4. The molecule has 16 heavy (non-hydrogen) atoms. The van der Waals surface area contributed by atoms with Gasteiger partial charge in [0.25, 0.3) is 0 Å². The molecule has 0 fully saturated rings. The fraction of sp³-hybridized carbons (Fsp3) is 0.700. The van der Waals surface area contributed by atoms with Gasteiger partial charge in [-0.15, -0.1) is 0 Å². The Hall–Kier alpha value is -1.10. The topological polar surface area (TPSA) is 76.7 Å². The molecule has 0 radical (unpaired) electrons. The Bertz CT molecular complexity index is 311. The van der Waals surface area contributed by atoms with Crippen molar-refractivity contribution in [2.45, 2.75) is 45.6 Å². The first-order valence-corrected chi connectivity index (χ1v) is 5.93. The number of anilines is 2. The number of rotatable bonds is 6. The second-order valence-electron chi connectivity index (χ2n) is 3.83. The molecule has 1 heterocycles. The summed E-state index contributed by atoms with van der Waals surface area (Å²) >= 11 is 5.68. The average molecular weight is 244 g/mol. The van der Waals surface area contributed by atoms with E-state index >= 15 is 0 Å². The first-order chi connectivity index (χ1) is 7.61. The second kappa shape index (κ2) is 6.48. The van der Waals surface area contributed by atoms with Crippen molar-refractivity contribution in [2.24, 2.45) is 0 Å². The zero-order valence-electron chi connectivity index (χ0n) is 9.70. The van der Waals surface area contributed by atoms with Crippen LogP contribution in [0.15, 0.2) is 0 Å². The number of hydrogen-bond acceptors (Lipinski definition) is 5. The first kappa shape index (κ1) is 13.0. The Morgan fingerprint density at radius 1 is 1.31 bits per heavy atom. The van der Waals surface area contributed by atoms with Crippen molar-refractivity contribution in [3.63, 3.8) is 0 Å². The number of nitrogens with one attached hydrogen (secondary N) is 1. The SMILES string of the molecule is CCCCCC(C)Nc1nc(N)nc(Cl)n1. The Labute approximate surface area is 101 Å². The molecular weight excluding hydrogens is 226 g/mol. The molecule has 3 N–H and O–H groups in total. The maximum atomic E-state index is 5.68. The van der Waals surface area contributed by atoms with Crippen LogP contribution in [0.4, 0.5) is 11.9 Å². The highest BCUT2D eigenvalue weighted by molar-refractivity contribution is 6.28. The Balaban J connectivity index is 2.45. The van der Waals surface area contributed by atoms with E-state index in [4.69, 9.17) is 17.3 Å². The highest BCUT2D eigenvalue weighted by Crippen LogP contribution is 2.10. The van der Waals surface area contributed by atoms with Gasteiger partial charge in [0, 0.05) is 6.04 Å². The van der Waals surface area contributed by atoms with Crippen molar-refractivity contribution in [2.75, 3.05) is 11.1 Å². The summed E-state index contributed by atoms with van der Waals surface area (Å²) in [4.78, 5) is 11.6. The van der Waals surface area contributed by atoms with Crippen molar-refractivity contribution in [3.8, 4) is 0 Å². The van der Waals surface area contributed by atoms with Crippen LogP contribution < -0.4 is 11.1 Å². The van der Waals surface area contributed by atoms with E-state index in [0.717, 1.165) is 6.42 Å². The van der Waals surface area contributed by atoms with Gasteiger partial charge < -0.3 is 11.1 Å². The van der Waals surface area contributed by atoms with E-state index in [0.29, 0.717) is 12.0 Å². The number of aromatic nitrogens is 3. The third-order valence-corrected chi connectivity index (χ3v) is 2.41. The van der Waals surface area contributed by atoms with E-state index < -0.39 is 0 Å². The van der Waals surface area contributed by atoms with Gasteiger partial charge in [-0.1, -0.05) is 26.2 Å². The summed E-state index contributed by atoms with van der Waals surface area (Å²) in [5, 5.41) is 3.28. The molecule has 1 unspecified atom stereocenters. The molecule has 6 heteroatoms. The summed E-state index contributed by atoms with van der Waals surface area (Å²) < 4.78 is 0. The smallest absolute Gasteiger partial charge is 0.229 e. The molecule has 0 amide bonds. The number of hydrogen-bond donors (Lipinski definition) is 2. The number of nitrogens with two attached hydrogens (primary N) is 1. The minimum Gasteiger partial charge on any atom is -0.368 e. The molecule has 0 spiro atoms. The van der Waals surface area contributed by atoms with Crippen LogP contribution in [0.3, 0.4) is 0 Å². The van der Waals surface area contributed by atoms with Crippen LogP contribution in [0.2, 0.25) is 5.28 Å². The predicted octanol–water partition coefficient (Wildman–Crippen LogP) is 2.49. The number of nitrogens with zero attached hydrogens (tertiary/aromatic N) is 3. The quantitative estimate of drug-likeness (QED) is 0.751. The van der Waals surface area contributed by atoms with Gasteiger partial charge in [-0.2, -0.15) is 15.0 Å². The van der Waals surface area contributed by atoms with Gasteiger partial charge in [-0.05, 0) is 24.9 Å². The van der Waals surface area contributed by atoms with Crippen LogP contribution in [0.1, 0.15) is 39.5 Å². The zero-order valence-corrected chi connectivity index (χ0v) is 10.5. The third-order valence-electron chi connectivity index (χ3n) is 2.24. The molecule has 90 valence electrons. The van der Waals surface area contributed by atoms with E-state index in [-0.39, 0.29) is 11.2 Å². The maximum absolute atomic E-state index is 5.68. The lowest BCUT2D eigenvalue weighted by Crippen LogP contribution is -2.17. The summed E-state index contributed by atoms with van der Waals surface area (Å²) in [6.45, 7) is 4.27. The Morgan fingerprint density at radius 3 is 2.69 bits per heavy atom. The highest BCUT2D eigenvalue weighted by Gasteiger charge is 2.06. The van der Waals surface area contributed by atoms with Crippen molar-refractivity contribution in [1.82, 2.24) is 15.0 Å². The number of unbranched alkanes of at least 4 members (excludes halogenated alkanes) is 2. The molecule has 1 rings (SSSR count). The highest BCUT2D eigenvalue weighted by atomic mass is 35.5. The van der Waals surface area contributed by atoms with Gasteiger partial charge in [0.15, 0.2) is 0 Å². The average Bonchev–Trinajstić information content (AvgIpc) is 2.16. The van der Waals surface area contributed by atoms with E-state index in [1.807, 2.05) is 0 Å². The van der Waals surface area contributed by atoms with Gasteiger partial charge >= 0.3 is 0 Å². The molecule has 1 aromatic rings. The lowest BCUT2D eigenvalue weighted by Gasteiger charge is -2.13. The van der Waals surface area contributed by atoms with Gasteiger partial charge in [0.05, 0.1) is 0 Å². The van der Waals surface area contributed by atoms with Crippen LogP contribution in [0.5, 0.6) is 0 Å². The Kier molecular flexibility index (Phi) is 5.25. The van der Waals surface area contributed by atoms with Gasteiger partial charge in [0.2, 0.25) is 17.2 Å². The number of halogens is 1. The fourth-order valence-corrected chi connectivity index (χ4v) is 1.59. The summed E-state index contributed by atoms with van der Waals surface area (Å²) in [5.74, 6) is 0.588. The lowest BCUT2D eigenvalue weighted by molar-refractivity contribution is 0.612. The van der Waals surface area contributed by atoms with Crippen LogP contribution in [0, 0.1) is 0 Å². The van der Waals surface area contributed by atoms with Gasteiger partial charge in [0.1, 0.15) is 0 Å². The standard InChI is InChI=1S/C10H18ClN5/c1-3-4-5-6-7(2)13-10-15-8(11)14-9(12)16-10/h7H,3-6H2,1-2H3,(H3,12,13,14,15,16). The molecule has 1 aromatic heterocycles. The summed E-state index contributed by atoms with van der Waals surface area (Å²) in [6.07, 6.45) is 4.74. The predicted molar refractivity (Wildman–Crippen MR) is 66.5 cm³/mol. The van der Waals surface area contributed by atoms with E-state index in [1.54, 1.807) is 0 Å². The van der Waals surface area contributed by atoms with Crippen LogP contribution in [-0.2, 0) is 0 Å². The molecule has 0 saturated carbocycles. The van der Waals surface area contributed by atoms with Crippen LogP contribution >= 0.6 is 11.6 Å². The van der Waals surface area contributed by atoms with Crippen LogP contribution in [-0.4, -0.2) is 21.0 Å². The van der Waals surface area contributed by atoms with Gasteiger partial charge in [-0.3, -0.25) is 0 Å². The minimum absolute atomic E-state index is 0.121. The fourth-order valence-electron chi connectivity index (χ4n) is 1.42. The molecule has 1 atom stereocenters. The van der Waals surface area contributed by atoms with E-state index in [9.17, 15) is 0 Å². The maximum Gasteiger partial charge on any atom is 0.229 e. The molecule has 0 aliphatic rings. The molecule has 0 aliphatic heterocycles. The van der Waals surface area contributed by atoms with Crippen molar-refractivity contribution in [3.05, 3.63) is 5.28 Å². The van der Waals surface area contributed by atoms with E-state index in [2.05, 4.69) is 34.1 Å². The monoisotopic (exact) mass is 243 g/mol. The van der Waals surface area contributed by atoms with Crippen molar-refractivity contribution < 1.29 is 0 Å². The molecule has 0 saturated heterocycles. The van der Waals surface area contributed by atoms with Crippen LogP contribution in [0.25, 0.3) is 0 Å². The zero-order chi connectivity index (χ0) is 12.0. The molecule has 0 bridgehead atoms. The summed E-state index contributed by atoms with van der Waals surface area (Å²) in [5.41, 5.74) is 5.47. The molecule has 0 aromatic carbocycles. The molecule has 5 nitrogen and oxygen atoms in total. The second-order valence-corrected chi connectivity index (χ2v) is 4.17. The number of nitrogen functional groups attached to an aromatic ring is 1. The summed E-state index contributed by atoms with van der Waals surface area (Å²) in [7, 11) is 0. The first-order valence-electron chi connectivity index (χ1n) is 5.55. The largest absolute Gasteiger partial charge is 0.368 e. The summed E-state index contributed by atoms with van der Waals surface area (Å²) in [6, 6.07) is 0.310. The Morgan fingerprint density at radius 2 is 2.06 bits per heavy atom. The van der Waals surface area contributed by atoms with E-state index in [1.165, 1.54) is 19.3 Å². The molecule has 0 aliphatic carbocycles. The lowest BCUT2D eigenvalue weighted by atomic mass is 10.1. The minimum atomic E-state index is 0.121. The molecular formula is C10H18ClN5. The van der Waals surface area contributed by atoms with Crippen molar-refractivity contribution >= 4 is 23.5 Å². The van der Waals surface area contributed by atoms with Crippen molar-refractivity contribution in [1.29, 1.82) is 0 Å².